The zero-order valence-corrected chi connectivity index (χ0v) is 36.2. The maximum atomic E-state index is 13.1. The van der Waals surface area contributed by atoms with E-state index in [2.05, 4.69) is 67.8 Å². The summed E-state index contributed by atoms with van der Waals surface area (Å²) in [6.07, 6.45) is 21.3. The first kappa shape index (κ1) is 53.8. The highest BCUT2D eigenvalue weighted by molar-refractivity contribution is 5.76. The summed E-state index contributed by atoms with van der Waals surface area (Å²) in [5, 5.41) is 86.4. The van der Waals surface area contributed by atoms with Gasteiger partial charge in [0.2, 0.25) is 5.91 Å². The topological polar surface area (TPSA) is 228 Å². The number of carbonyl (C=O) groups is 1. The summed E-state index contributed by atoms with van der Waals surface area (Å²) in [5.41, 5.74) is 0. The largest absolute Gasteiger partial charge is 0.394 e. The molecular weight excluding hydrogens is 774 g/mol. The van der Waals surface area contributed by atoms with Crippen molar-refractivity contribution >= 4 is 5.91 Å². The first-order valence-corrected chi connectivity index (χ1v) is 22.5. The highest BCUT2D eigenvalue weighted by Crippen LogP contribution is 2.30. The molecule has 14 nitrogen and oxygen atoms in total. The van der Waals surface area contributed by atoms with Gasteiger partial charge in [-0.15, -0.1) is 0 Å². The van der Waals surface area contributed by atoms with Gasteiger partial charge < -0.3 is 65.1 Å². The van der Waals surface area contributed by atoms with Gasteiger partial charge in [0.1, 0.15) is 48.8 Å². The highest BCUT2D eigenvalue weighted by Gasteiger charge is 2.50. The summed E-state index contributed by atoms with van der Waals surface area (Å²) in [5.74, 6) is -0.284. The van der Waals surface area contributed by atoms with Crippen molar-refractivity contribution in [2.45, 2.75) is 203 Å². The molecule has 9 N–H and O–H groups in total. The predicted octanol–water partition coefficient (Wildman–Crippen LogP) is 4.32. The second kappa shape index (κ2) is 33.3. The minimum atomic E-state index is -1.79. The normalized spacial score (nSPS) is 28.8. The second-order valence-electron chi connectivity index (χ2n) is 15.8. The fourth-order valence-corrected chi connectivity index (χ4v) is 6.96. The molecule has 0 saturated carbocycles. The number of hydrogen-bond acceptors (Lipinski definition) is 13. The highest BCUT2D eigenvalue weighted by atomic mass is 16.7. The first-order valence-electron chi connectivity index (χ1n) is 22.5. The molecule has 0 spiro atoms. The van der Waals surface area contributed by atoms with Crippen LogP contribution in [-0.2, 0) is 23.7 Å². The van der Waals surface area contributed by atoms with Crippen molar-refractivity contribution < 1.29 is 64.6 Å². The molecular formula is C46H79NO13. The fourth-order valence-electron chi connectivity index (χ4n) is 6.96. The van der Waals surface area contributed by atoms with Gasteiger partial charge in [-0.25, -0.2) is 0 Å². The third-order valence-corrected chi connectivity index (χ3v) is 10.7. The van der Waals surface area contributed by atoms with E-state index in [9.17, 15) is 45.6 Å². The lowest BCUT2D eigenvalue weighted by Gasteiger charge is -2.46. The Morgan fingerprint density at radius 3 is 1.83 bits per heavy atom. The van der Waals surface area contributed by atoms with Crippen molar-refractivity contribution in [2.24, 2.45) is 0 Å². The molecule has 12 atom stereocenters. The molecule has 2 aliphatic rings. The number of nitrogens with one attached hydrogen (secondary N) is 1. The van der Waals surface area contributed by atoms with Crippen LogP contribution in [0.25, 0.3) is 0 Å². The summed E-state index contributed by atoms with van der Waals surface area (Å²) in [4.78, 5) is 13.1. The maximum Gasteiger partial charge on any atom is 0.220 e. The van der Waals surface area contributed by atoms with E-state index < -0.39 is 86.8 Å². The van der Waals surface area contributed by atoms with Crippen LogP contribution < -0.4 is 5.32 Å². The van der Waals surface area contributed by atoms with Crippen LogP contribution in [0.3, 0.4) is 0 Å². The number of allylic oxidation sites excluding steroid dienone is 9. The van der Waals surface area contributed by atoms with Crippen LogP contribution in [0.5, 0.6) is 0 Å². The molecule has 0 aromatic heterocycles. The Morgan fingerprint density at radius 1 is 0.617 bits per heavy atom. The number of rotatable bonds is 32. The van der Waals surface area contributed by atoms with Gasteiger partial charge >= 0.3 is 0 Å². The number of aliphatic hydroxyl groups is 8. The van der Waals surface area contributed by atoms with Crippen molar-refractivity contribution in [3.05, 3.63) is 60.8 Å². The summed E-state index contributed by atoms with van der Waals surface area (Å²) < 4.78 is 22.6. The van der Waals surface area contributed by atoms with E-state index in [-0.39, 0.29) is 18.9 Å². The van der Waals surface area contributed by atoms with Crippen LogP contribution in [0.4, 0.5) is 0 Å². The van der Waals surface area contributed by atoms with Gasteiger partial charge in [0.15, 0.2) is 12.6 Å². The van der Waals surface area contributed by atoms with Gasteiger partial charge in [-0.1, -0.05) is 120 Å². The van der Waals surface area contributed by atoms with Gasteiger partial charge in [0.25, 0.3) is 0 Å². The number of ether oxygens (including phenoxy) is 4. The van der Waals surface area contributed by atoms with Crippen LogP contribution in [0, 0.1) is 0 Å². The van der Waals surface area contributed by atoms with Crippen LogP contribution in [-0.4, -0.2) is 140 Å². The van der Waals surface area contributed by atoms with Crippen molar-refractivity contribution in [3.8, 4) is 0 Å². The molecule has 2 heterocycles. The number of unbranched alkanes of at least 4 members (excludes halogenated alkanes) is 11. The van der Waals surface area contributed by atoms with E-state index in [1.165, 1.54) is 44.9 Å². The van der Waals surface area contributed by atoms with Gasteiger partial charge in [-0.3, -0.25) is 4.79 Å². The molecule has 0 aliphatic carbocycles. The minimum absolute atomic E-state index is 0.235. The number of aliphatic hydroxyl groups excluding tert-OH is 8. The van der Waals surface area contributed by atoms with Crippen LogP contribution in [0.15, 0.2) is 60.8 Å². The molecule has 0 radical (unpaired) electrons. The molecule has 60 heavy (non-hydrogen) atoms. The Morgan fingerprint density at radius 2 is 1.17 bits per heavy atom. The summed E-state index contributed by atoms with van der Waals surface area (Å²) in [7, 11) is 0. The van der Waals surface area contributed by atoms with Crippen molar-refractivity contribution in [3.63, 3.8) is 0 Å². The molecule has 2 saturated heterocycles. The van der Waals surface area contributed by atoms with E-state index in [1.54, 1.807) is 6.08 Å². The van der Waals surface area contributed by atoms with Crippen LogP contribution in [0.1, 0.15) is 129 Å². The van der Waals surface area contributed by atoms with Gasteiger partial charge in [-0.05, 0) is 64.2 Å². The fraction of sp³-hybridized carbons (Fsp3) is 0.761. The molecule has 346 valence electrons. The number of hydrogen-bond donors (Lipinski definition) is 9. The molecule has 14 heteroatoms. The summed E-state index contributed by atoms with van der Waals surface area (Å²) >= 11 is 0. The third-order valence-electron chi connectivity index (χ3n) is 10.7. The van der Waals surface area contributed by atoms with Gasteiger partial charge in [0.05, 0.1) is 32.0 Å². The Hall–Kier alpha value is -2.31. The quantitative estimate of drug-likeness (QED) is 0.0340. The standard InChI is InChI=1S/C46H79NO13/c1-3-5-7-9-11-13-15-17-19-21-23-25-27-29-35(50)34(47-38(51)30-28-26-24-22-20-18-16-14-12-10-8-6-4-2)33-57-45-43(56)41(54)44(37(32-49)59-45)60-46-42(55)40(53)39(52)36(31-48)58-46/h6,8,12,14,18-21,27,29,34-37,39-46,48-50,52-56H,3-5,7,9-11,13,15-17,22-26,28,30-33H2,1-2H3,(H,47,51)/b8-6-,14-12-,20-18-,21-19+,29-27+. The SMILES string of the molecule is CC/C=C\C/C=C\C/C=C\CCCCCC(=O)NC(COC1OC(CO)C(OC2OC(CO)C(O)C(O)C2O)C(O)C1O)C(O)/C=C/CC/C=C/CCCCCCCCC. The maximum absolute atomic E-state index is 13.1. The zero-order valence-electron chi connectivity index (χ0n) is 36.2. The van der Waals surface area contributed by atoms with E-state index in [0.717, 1.165) is 51.4 Å². The smallest absolute Gasteiger partial charge is 0.220 e. The van der Waals surface area contributed by atoms with Gasteiger partial charge in [-0.2, -0.15) is 0 Å². The first-order chi connectivity index (χ1) is 29.1. The Kier molecular flexibility index (Phi) is 29.9. The Labute approximate surface area is 358 Å². The summed E-state index contributed by atoms with van der Waals surface area (Å²) in [6.45, 7) is 2.57. The van der Waals surface area contributed by atoms with Crippen molar-refractivity contribution in [2.75, 3.05) is 19.8 Å². The van der Waals surface area contributed by atoms with Gasteiger partial charge in [0, 0.05) is 6.42 Å². The Bertz CT molecular complexity index is 1240. The Balaban J connectivity index is 1.95. The molecule has 2 aliphatic heterocycles. The lowest BCUT2D eigenvalue weighted by Crippen LogP contribution is -2.65. The molecule has 0 aromatic rings. The molecule has 12 unspecified atom stereocenters. The molecule has 2 rings (SSSR count). The van der Waals surface area contributed by atoms with E-state index in [1.807, 2.05) is 6.08 Å². The number of amides is 1. The lowest BCUT2D eigenvalue weighted by molar-refractivity contribution is -0.359. The predicted molar refractivity (Wildman–Crippen MR) is 230 cm³/mol. The van der Waals surface area contributed by atoms with E-state index >= 15 is 0 Å². The molecule has 2 fully saturated rings. The monoisotopic (exact) mass is 854 g/mol. The minimum Gasteiger partial charge on any atom is -0.394 e. The van der Waals surface area contributed by atoms with Crippen molar-refractivity contribution in [1.29, 1.82) is 0 Å². The third kappa shape index (κ3) is 21.2. The molecule has 0 aromatic carbocycles. The van der Waals surface area contributed by atoms with E-state index in [4.69, 9.17) is 18.9 Å². The number of carbonyl (C=O) groups excluding carboxylic acids is 1. The zero-order chi connectivity index (χ0) is 44.0. The van der Waals surface area contributed by atoms with E-state index in [0.29, 0.717) is 12.8 Å². The molecule has 1 amide bonds. The lowest BCUT2D eigenvalue weighted by atomic mass is 9.97. The van der Waals surface area contributed by atoms with Crippen LogP contribution >= 0.6 is 0 Å². The van der Waals surface area contributed by atoms with Crippen molar-refractivity contribution in [1.82, 2.24) is 5.32 Å². The average molecular weight is 854 g/mol. The summed E-state index contributed by atoms with van der Waals surface area (Å²) in [6, 6.07) is -0.946. The van der Waals surface area contributed by atoms with Crippen LogP contribution in [0.2, 0.25) is 0 Å². The second-order valence-corrected chi connectivity index (χ2v) is 15.8. The molecule has 0 bridgehead atoms. The average Bonchev–Trinajstić information content (AvgIpc) is 3.24.